The average Bonchev–Trinajstić information content (AvgIpc) is 2.47. The van der Waals surface area contributed by atoms with Crippen molar-refractivity contribution >= 4 is 8.07 Å². The van der Waals surface area contributed by atoms with Gasteiger partial charge in [-0.15, -0.1) is 0 Å². The molecule has 0 aliphatic heterocycles. The number of hydrogen-bond acceptors (Lipinski definition) is 1. The van der Waals surface area contributed by atoms with Gasteiger partial charge in [0, 0.05) is 8.07 Å². The van der Waals surface area contributed by atoms with Crippen molar-refractivity contribution in [2.75, 3.05) is 0 Å². The molecule has 0 bridgehead atoms. The highest BCUT2D eigenvalue weighted by molar-refractivity contribution is 6.78. The Labute approximate surface area is 69.8 Å². The first kappa shape index (κ1) is 7.81. The molecule has 0 aromatic carbocycles. The minimum Gasteiger partial charge on any atom is -0.393 e. The van der Waals surface area contributed by atoms with Crippen molar-refractivity contribution in [2.24, 2.45) is 11.8 Å². The summed E-state index contributed by atoms with van der Waals surface area (Å²) in [4.78, 5) is 0. The molecule has 2 rings (SSSR count). The first-order valence-electron chi connectivity index (χ1n) is 4.70. The average molecular weight is 170 g/mol. The van der Waals surface area contributed by atoms with Crippen molar-refractivity contribution in [3.8, 4) is 0 Å². The van der Waals surface area contributed by atoms with Crippen LogP contribution in [0.5, 0.6) is 0 Å². The molecule has 4 unspecified atom stereocenters. The molecular formula is C9H18OSi. The van der Waals surface area contributed by atoms with Crippen molar-refractivity contribution in [1.29, 1.82) is 0 Å². The molecule has 0 saturated heterocycles. The van der Waals surface area contributed by atoms with E-state index >= 15 is 0 Å². The molecule has 0 spiro atoms. The second kappa shape index (κ2) is 2.11. The number of aliphatic hydroxyl groups excluding tert-OH is 1. The van der Waals surface area contributed by atoms with Crippen LogP contribution in [0.3, 0.4) is 0 Å². The molecule has 1 N–H and O–H groups in total. The van der Waals surface area contributed by atoms with Gasteiger partial charge in [-0.1, -0.05) is 19.6 Å². The Hall–Kier alpha value is 0.177. The first-order valence-corrected chi connectivity index (χ1v) is 8.27. The third-order valence-electron chi connectivity index (χ3n) is 3.47. The molecule has 64 valence electrons. The molecule has 0 aromatic heterocycles. The van der Waals surface area contributed by atoms with E-state index in [4.69, 9.17) is 0 Å². The second-order valence-corrected chi connectivity index (χ2v) is 10.7. The molecule has 1 nitrogen and oxygen atoms in total. The summed E-state index contributed by atoms with van der Waals surface area (Å²) in [5.74, 6) is 1.65. The summed E-state index contributed by atoms with van der Waals surface area (Å²) in [6, 6.07) is 0. The maximum absolute atomic E-state index is 9.60. The summed E-state index contributed by atoms with van der Waals surface area (Å²) in [6.07, 6.45) is 2.45. The van der Waals surface area contributed by atoms with Gasteiger partial charge >= 0.3 is 0 Å². The van der Waals surface area contributed by atoms with E-state index in [2.05, 4.69) is 19.6 Å². The van der Waals surface area contributed by atoms with Gasteiger partial charge in [0.25, 0.3) is 0 Å². The van der Waals surface area contributed by atoms with E-state index in [0.29, 0.717) is 0 Å². The number of hydrogen-bond donors (Lipinski definition) is 1. The summed E-state index contributed by atoms with van der Waals surface area (Å²) in [7, 11) is -0.921. The second-order valence-electron chi connectivity index (χ2n) is 5.28. The predicted molar refractivity (Wildman–Crippen MR) is 49.3 cm³/mol. The monoisotopic (exact) mass is 170 g/mol. The summed E-state index contributed by atoms with van der Waals surface area (Å²) in [6.45, 7) is 7.30. The van der Waals surface area contributed by atoms with Crippen LogP contribution in [0.25, 0.3) is 0 Å². The SMILES string of the molecule is C[Si](C)(C)C1C2CCC(O)C21. The van der Waals surface area contributed by atoms with Gasteiger partial charge in [0.1, 0.15) is 0 Å². The van der Waals surface area contributed by atoms with Crippen LogP contribution in [0.4, 0.5) is 0 Å². The lowest BCUT2D eigenvalue weighted by Crippen LogP contribution is -2.24. The lowest BCUT2D eigenvalue weighted by molar-refractivity contribution is 0.159. The summed E-state index contributed by atoms with van der Waals surface area (Å²) >= 11 is 0. The smallest absolute Gasteiger partial charge is 0.0571 e. The van der Waals surface area contributed by atoms with E-state index in [1.54, 1.807) is 0 Å². The Balaban J connectivity index is 2.04. The topological polar surface area (TPSA) is 20.2 Å². The van der Waals surface area contributed by atoms with Crippen LogP contribution in [-0.4, -0.2) is 19.3 Å². The number of fused-ring (bicyclic) bond motifs is 1. The Kier molecular flexibility index (Phi) is 1.49. The molecule has 2 heteroatoms. The minimum absolute atomic E-state index is 0.0664. The maximum Gasteiger partial charge on any atom is 0.0571 e. The van der Waals surface area contributed by atoms with Gasteiger partial charge in [0.2, 0.25) is 0 Å². The highest BCUT2D eigenvalue weighted by Crippen LogP contribution is 2.65. The Morgan fingerprint density at radius 2 is 1.82 bits per heavy atom. The Morgan fingerprint density at radius 3 is 2.09 bits per heavy atom. The normalized spacial score (nSPS) is 49.1. The fourth-order valence-electron chi connectivity index (χ4n) is 3.07. The van der Waals surface area contributed by atoms with Crippen LogP contribution in [0, 0.1) is 11.8 Å². The molecule has 0 radical (unpaired) electrons. The van der Waals surface area contributed by atoms with Crippen molar-refractivity contribution in [1.82, 2.24) is 0 Å². The zero-order valence-electron chi connectivity index (χ0n) is 7.67. The molecule has 0 amide bonds. The molecule has 4 atom stereocenters. The zero-order chi connectivity index (χ0) is 8.22. The largest absolute Gasteiger partial charge is 0.393 e. The number of aliphatic hydroxyl groups is 1. The molecule has 11 heavy (non-hydrogen) atoms. The van der Waals surface area contributed by atoms with Crippen molar-refractivity contribution in [3.63, 3.8) is 0 Å². The van der Waals surface area contributed by atoms with Gasteiger partial charge in [-0.2, -0.15) is 0 Å². The number of rotatable bonds is 1. The minimum atomic E-state index is -0.921. The fraction of sp³-hybridized carbons (Fsp3) is 1.00. The summed E-state index contributed by atoms with van der Waals surface area (Å²) < 4.78 is 0. The molecule has 2 aliphatic rings. The lowest BCUT2D eigenvalue weighted by atomic mass is 10.2. The van der Waals surface area contributed by atoms with Gasteiger partial charge in [-0.05, 0) is 30.2 Å². The fourth-order valence-corrected chi connectivity index (χ4v) is 6.26. The van der Waals surface area contributed by atoms with E-state index in [9.17, 15) is 5.11 Å². The van der Waals surface area contributed by atoms with Gasteiger partial charge < -0.3 is 5.11 Å². The van der Waals surface area contributed by atoms with Crippen molar-refractivity contribution in [2.45, 2.75) is 44.1 Å². The van der Waals surface area contributed by atoms with Crippen LogP contribution in [0.15, 0.2) is 0 Å². The lowest BCUT2D eigenvalue weighted by Gasteiger charge is -2.19. The van der Waals surface area contributed by atoms with Crippen molar-refractivity contribution in [3.05, 3.63) is 0 Å². The van der Waals surface area contributed by atoms with Gasteiger partial charge in [-0.25, -0.2) is 0 Å². The summed E-state index contributed by atoms with van der Waals surface area (Å²) in [5, 5.41) is 9.60. The molecule has 0 aromatic rings. The van der Waals surface area contributed by atoms with E-state index in [-0.39, 0.29) is 6.10 Å². The molecule has 2 fully saturated rings. The standard InChI is InChI=1S/C9H18OSi/c1-11(2,3)9-6-4-5-7(10)8(6)9/h6-10H,4-5H2,1-3H3. The third-order valence-corrected chi connectivity index (χ3v) is 6.28. The van der Waals surface area contributed by atoms with Crippen molar-refractivity contribution < 1.29 is 5.11 Å². The van der Waals surface area contributed by atoms with Gasteiger partial charge in [-0.3, -0.25) is 0 Å². The summed E-state index contributed by atoms with van der Waals surface area (Å²) in [5.41, 5.74) is 0.950. The van der Waals surface area contributed by atoms with E-state index in [1.807, 2.05) is 0 Å². The van der Waals surface area contributed by atoms with E-state index in [1.165, 1.54) is 6.42 Å². The highest BCUT2D eigenvalue weighted by Gasteiger charge is 2.61. The van der Waals surface area contributed by atoms with Crippen LogP contribution in [-0.2, 0) is 0 Å². The van der Waals surface area contributed by atoms with E-state index < -0.39 is 8.07 Å². The molecule has 2 saturated carbocycles. The quantitative estimate of drug-likeness (QED) is 0.598. The van der Waals surface area contributed by atoms with Crippen LogP contribution in [0.2, 0.25) is 25.2 Å². The Morgan fingerprint density at radius 1 is 1.18 bits per heavy atom. The van der Waals surface area contributed by atoms with Gasteiger partial charge in [0.15, 0.2) is 0 Å². The van der Waals surface area contributed by atoms with E-state index in [0.717, 1.165) is 23.8 Å². The van der Waals surface area contributed by atoms with Crippen LogP contribution < -0.4 is 0 Å². The predicted octanol–water partition coefficient (Wildman–Crippen LogP) is 2.10. The molecular weight excluding hydrogens is 152 g/mol. The zero-order valence-corrected chi connectivity index (χ0v) is 8.67. The molecule has 0 heterocycles. The third kappa shape index (κ3) is 1.07. The maximum atomic E-state index is 9.60. The van der Waals surface area contributed by atoms with Crippen LogP contribution >= 0.6 is 0 Å². The Bertz CT molecular complexity index is 173. The first-order chi connectivity index (χ1) is 5.02. The highest BCUT2D eigenvalue weighted by atomic mass is 28.3. The van der Waals surface area contributed by atoms with Crippen LogP contribution in [0.1, 0.15) is 12.8 Å². The molecule has 2 aliphatic carbocycles. The van der Waals surface area contributed by atoms with Gasteiger partial charge in [0.05, 0.1) is 6.10 Å².